The number of nitrogens with one attached hydrogen (secondary N) is 1. The van der Waals surface area contributed by atoms with Crippen molar-refractivity contribution in [1.29, 1.82) is 0 Å². The molecular weight excluding hydrogens is 214 g/mol. The van der Waals surface area contributed by atoms with Crippen molar-refractivity contribution in [3.8, 4) is 5.75 Å². The SMILES string of the molecule is COc1ccc2nc(CC3CCNC3)cn2c1. The predicted molar refractivity (Wildman–Crippen MR) is 66.4 cm³/mol. The van der Waals surface area contributed by atoms with Crippen molar-refractivity contribution in [1.82, 2.24) is 14.7 Å². The van der Waals surface area contributed by atoms with Gasteiger partial charge in [0.05, 0.1) is 19.0 Å². The first-order chi connectivity index (χ1) is 8.35. The zero-order chi connectivity index (χ0) is 11.7. The van der Waals surface area contributed by atoms with Crippen molar-refractivity contribution in [2.24, 2.45) is 5.92 Å². The van der Waals surface area contributed by atoms with Crippen molar-refractivity contribution in [3.63, 3.8) is 0 Å². The van der Waals surface area contributed by atoms with Crippen molar-refractivity contribution in [2.45, 2.75) is 12.8 Å². The second kappa shape index (κ2) is 4.37. The van der Waals surface area contributed by atoms with E-state index in [1.807, 2.05) is 22.7 Å². The van der Waals surface area contributed by atoms with Crippen LogP contribution in [0.5, 0.6) is 5.75 Å². The molecule has 17 heavy (non-hydrogen) atoms. The van der Waals surface area contributed by atoms with Gasteiger partial charge in [-0.25, -0.2) is 4.98 Å². The lowest BCUT2D eigenvalue weighted by atomic mass is 10.0. The zero-order valence-electron chi connectivity index (χ0n) is 10.0. The Morgan fingerprint density at radius 3 is 3.18 bits per heavy atom. The summed E-state index contributed by atoms with van der Waals surface area (Å²) in [5, 5.41) is 3.39. The molecule has 1 saturated heterocycles. The highest BCUT2D eigenvalue weighted by atomic mass is 16.5. The average molecular weight is 231 g/mol. The summed E-state index contributed by atoms with van der Waals surface area (Å²) >= 11 is 0. The summed E-state index contributed by atoms with van der Waals surface area (Å²) in [5.74, 6) is 1.60. The summed E-state index contributed by atoms with van der Waals surface area (Å²) in [6, 6.07) is 3.94. The molecule has 4 heteroatoms. The van der Waals surface area contributed by atoms with Gasteiger partial charge in [0.25, 0.3) is 0 Å². The maximum atomic E-state index is 5.21. The fourth-order valence-electron chi connectivity index (χ4n) is 2.43. The van der Waals surface area contributed by atoms with Crippen LogP contribution in [-0.4, -0.2) is 29.6 Å². The number of nitrogens with zero attached hydrogens (tertiary/aromatic N) is 2. The summed E-state index contributed by atoms with van der Waals surface area (Å²) in [4.78, 5) is 4.63. The summed E-state index contributed by atoms with van der Waals surface area (Å²) in [5.41, 5.74) is 2.17. The molecule has 0 bridgehead atoms. The lowest BCUT2D eigenvalue weighted by Gasteiger charge is -2.03. The van der Waals surface area contributed by atoms with Gasteiger partial charge in [0.1, 0.15) is 11.4 Å². The molecule has 2 aromatic rings. The molecule has 0 radical (unpaired) electrons. The van der Waals surface area contributed by atoms with E-state index < -0.39 is 0 Å². The van der Waals surface area contributed by atoms with Crippen LogP contribution in [0, 0.1) is 5.92 Å². The Hall–Kier alpha value is -1.55. The second-order valence-electron chi connectivity index (χ2n) is 4.63. The van der Waals surface area contributed by atoms with E-state index in [9.17, 15) is 0 Å². The van der Waals surface area contributed by atoms with Gasteiger partial charge in [-0.05, 0) is 44.0 Å². The van der Waals surface area contributed by atoms with E-state index in [0.29, 0.717) is 0 Å². The van der Waals surface area contributed by atoms with Crippen LogP contribution >= 0.6 is 0 Å². The van der Waals surface area contributed by atoms with E-state index in [2.05, 4.69) is 16.5 Å². The number of ether oxygens (including phenoxy) is 1. The maximum Gasteiger partial charge on any atom is 0.137 e. The normalized spacial score (nSPS) is 19.9. The molecule has 4 nitrogen and oxygen atoms in total. The number of aromatic nitrogens is 2. The third-order valence-corrected chi connectivity index (χ3v) is 3.37. The zero-order valence-corrected chi connectivity index (χ0v) is 10.0. The van der Waals surface area contributed by atoms with E-state index in [-0.39, 0.29) is 0 Å². The van der Waals surface area contributed by atoms with Crippen molar-refractivity contribution >= 4 is 5.65 Å². The number of hydrogen-bond acceptors (Lipinski definition) is 3. The topological polar surface area (TPSA) is 38.6 Å². The molecule has 90 valence electrons. The first-order valence-corrected chi connectivity index (χ1v) is 6.07. The van der Waals surface area contributed by atoms with Crippen LogP contribution in [0.3, 0.4) is 0 Å². The Kier molecular flexibility index (Phi) is 2.73. The molecule has 2 aromatic heterocycles. The Morgan fingerprint density at radius 1 is 1.47 bits per heavy atom. The van der Waals surface area contributed by atoms with E-state index in [1.54, 1.807) is 7.11 Å². The van der Waals surface area contributed by atoms with Gasteiger partial charge in [0.2, 0.25) is 0 Å². The minimum absolute atomic E-state index is 0.738. The molecule has 3 heterocycles. The van der Waals surface area contributed by atoms with Crippen LogP contribution in [0.2, 0.25) is 0 Å². The minimum Gasteiger partial charge on any atom is -0.495 e. The Bertz CT molecular complexity index is 514. The molecule has 0 amide bonds. The fourth-order valence-corrected chi connectivity index (χ4v) is 2.43. The van der Waals surface area contributed by atoms with E-state index >= 15 is 0 Å². The molecule has 1 unspecified atom stereocenters. The molecule has 1 fully saturated rings. The first-order valence-electron chi connectivity index (χ1n) is 6.07. The highest BCUT2D eigenvalue weighted by Gasteiger charge is 2.16. The molecular formula is C13H17N3O. The number of methoxy groups -OCH3 is 1. The van der Waals surface area contributed by atoms with Crippen LogP contribution in [0.4, 0.5) is 0 Å². The van der Waals surface area contributed by atoms with E-state index in [1.165, 1.54) is 12.1 Å². The molecule has 1 N–H and O–H groups in total. The second-order valence-corrected chi connectivity index (χ2v) is 4.63. The van der Waals surface area contributed by atoms with E-state index in [0.717, 1.165) is 36.8 Å². The van der Waals surface area contributed by atoms with Gasteiger partial charge >= 0.3 is 0 Å². The third-order valence-electron chi connectivity index (χ3n) is 3.37. The molecule has 1 aliphatic rings. The predicted octanol–water partition coefficient (Wildman–Crippen LogP) is 1.49. The summed E-state index contributed by atoms with van der Waals surface area (Å²) in [6.45, 7) is 2.27. The van der Waals surface area contributed by atoms with Gasteiger partial charge < -0.3 is 14.5 Å². The van der Waals surface area contributed by atoms with Crippen LogP contribution in [-0.2, 0) is 6.42 Å². The van der Waals surface area contributed by atoms with Gasteiger partial charge in [0.15, 0.2) is 0 Å². The Labute approximate surface area is 101 Å². The van der Waals surface area contributed by atoms with Crippen LogP contribution in [0.1, 0.15) is 12.1 Å². The van der Waals surface area contributed by atoms with Crippen LogP contribution in [0.25, 0.3) is 5.65 Å². The summed E-state index contributed by atoms with van der Waals surface area (Å²) in [7, 11) is 1.68. The molecule has 0 saturated carbocycles. The molecule has 1 aliphatic heterocycles. The van der Waals surface area contributed by atoms with Crippen molar-refractivity contribution in [3.05, 3.63) is 30.2 Å². The maximum absolute atomic E-state index is 5.21. The number of fused-ring (bicyclic) bond motifs is 1. The van der Waals surface area contributed by atoms with Crippen LogP contribution in [0.15, 0.2) is 24.5 Å². The Morgan fingerprint density at radius 2 is 2.41 bits per heavy atom. The van der Waals surface area contributed by atoms with Gasteiger partial charge in [0, 0.05) is 6.20 Å². The lowest BCUT2D eigenvalue weighted by Crippen LogP contribution is -2.10. The van der Waals surface area contributed by atoms with Crippen molar-refractivity contribution < 1.29 is 4.74 Å². The standard InChI is InChI=1S/C13H17N3O/c1-17-12-2-3-13-15-11(8-16(13)9-12)6-10-4-5-14-7-10/h2-3,8-10,14H,4-7H2,1H3. The number of pyridine rings is 1. The summed E-state index contributed by atoms with van der Waals surface area (Å²) < 4.78 is 7.24. The fraction of sp³-hybridized carbons (Fsp3) is 0.462. The first kappa shape index (κ1) is 10.6. The number of imidazole rings is 1. The monoisotopic (exact) mass is 231 g/mol. The quantitative estimate of drug-likeness (QED) is 0.870. The minimum atomic E-state index is 0.738. The molecule has 0 aliphatic carbocycles. The Balaban J connectivity index is 1.85. The van der Waals surface area contributed by atoms with Gasteiger partial charge in [-0.2, -0.15) is 0 Å². The molecule has 1 atom stereocenters. The van der Waals surface area contributed by atoms with Gasteiger partial charge in [-0.15, -0.1) is 0 Å². The molecule has 0 aromatic carbocycles. The third kappa shape index (κ3) is 2.13. The number of rotatable bonds is 3. The molecule has 0 spiro atoms. The van der Waals surface area contributed by atoms with Gasteiger partial charge in [-0.3, -0.25) is 0 Å². The lowest BCUT2D eigenvalue weighted by molar-refractivity contribution is 0.412. The summed E-state index contributed by atoms with van der Waals surface area (Å²) in [6.07, 6.45) is 6.41. The van der Waals surface area contributed by atoms with Gasteiger partial charge in [-0.1, -0.05) is 0 Å². The van der Waals surface area contributed by atoms with Crippen LogP contribution < -0.4 is 10.1 Å². The smallest absolute Gasteiger partial charge is 0.137 e. The van der Waals surface area contributed by atoms with E-state index in [4.69, 9.17) is 4.74 Å². The highest BCUT2D eigenvalue weighted by Crippen LogP contribution is 2.17. The van der Waals surface area contributed by atoms with Crippen molar-refractivity contribution in [2.75, 3.05) is 20.2 Å². The highest BCUT2D eigenvalue weighted by molar-refractivity contribution is 5.43. The molecule has 3 rings (SSSR count). The average Bonchev–Trinajstić information content (AvgIpc) is 2.96. The largest absolute Gasteiger partial charge is 0.495 e. The number of hydrogen-bond donors (Lipinski definition) is 1.